The van der Waals surface area contributed by atoms with Crippen LogP contribution in [0.5, 0.6) is 0 Å². The van der Waals surface area contributed by atoms with Gasteiger partial charge < -0.3 is 69.1 Å². The summed E-state index contributed by atoms with van der Waals surface area (Å²) in [6, 6.07) is 0. The Morgan fingerprint density at radius 1 is 0.464 bits per heavy atom. The summed E-state index contributed by atoms with van der Waals surface area (Å²) < 4.78 is 156. The lowest BCUT2D eigenvalue weighted by atomic mass is 10.3. The largest absolute Gasteiger partial charge is 0.673 e. The van der Waals surface area contributed by atoms with Crippen LogP contribution in [-0.4, -0.2) is 35.2 Å². The maximum atomic E-state index is 9.75. The Hall–Kier alpha value is 0.860. The molecule has 0 fully saturated rings. The summed E-state index contributed by atoms with van der Waals surface area (Å²) in [4.78, 5) is 0. The molecule has 0 aliphatic rings. The van der Waals surface area contributed by atoms with E-state index in [4.69, 9.17) is 0 Å². The molecule has 0 rings (SSSR count). The molecule has 28 heavy (non-hydrogen) atoms. The lowest BCUT2D eigenvalue weighted by molar-refractivity contribution is 0.366. The molecule has 0 N–H and O–H groups in total. The summed E-state index contributed by atoms with van der Waals surface area (Å²) in [5.41, 5.74) is 0. The van der Waals surface area contributed by atoms with Gasteiger partial charge in [-0.15, -0.1) is 0 Å². The van der Waals surface area contributed by atoms with Crippen LogP contribution >= 0.6 is 38.9 Å². The van der Waals surface area contributed by atoms with Crippen LogP contribution in [0.1, 0.15) is 19.8 Å². The van der Waals surface area contributed by atoms with Crippen LogP contribution in [0.25, 0.3) is 0 Å². The maximum Gasteiger partial charge on any atom is 0.673 e. The molecule has 0 saturated carbocycles. The van der Waals surface area contributed by atoms with Gasteiger partial charge in [0.15, 0.2) is 0 Å². The van der Waals surface area contributed by atoms with Crippen molar-refractivity contribution in [2.24, 2.45) is 0 Å². The molecule has 0 aliphatic carbocycles. The van der Waals surface area contributed by atoms with Crippen molar-refractivity contribution in [1.82, 2.24) is 0 Å². The van der Waals surface area contributed by atoms with Gasteiger partial charge in [-0.05, 0) is 45.4 Å². The number of hydrogen-bond acceptors (Lipinski definition) is 0. The van der Waals surface area contributed by atoms with E-state index < -0.39 is 29.0 Å². The molecule has 4 atom stereocenters. The number of halogens is 16. The zero-order chi connectivity index (χ0) is 22.1. The average Bonchev–Trinajstić information content (AvgIpc) is 2.06. The highest BCUT2D eigenvalue weighted by atomic mass is 31.0. The van der Waals surface area contributed by atoms with Crippen molar-refractivity contribution in [1.29, 1.82) is 0 Å². The Labute approximate surface area is 164 Å². The second-order valence-electron chi connectivity index (χ2n) is 3.19. The standard InChI is InChI=1S/C4H11P.4BF4.3H3P/c1-2-3-4-5;4*2-1(3,4)5;;;/h2-5H2,1H3;;;;;3*1H3/q;4*-1;;;/p+4. The highest BCUT2D eigenvalue weighted by Gasteiger charge is 2.21. The topological polar surface area (TPSA) is 0 Å². The van der Waals surface area contributed by atoms with Crippen LogP contribution in [0.2, 0.25) is 0 Å². The first-order chi connectivity index (χ1) is 10.4. The van der Waals surface area contributed by atoms with Crippen molar-refractivity contribution in [3.63, 3.8) is 0 Å². The molecule has 184 valence electrons. The number of hydrogen-bond donors (Lipinski definition) is 0. The fourth-order valence-corrected chi connectivity index (χ4v) is 0.750. The normalized spacial score (nSPS) is 10.2. The van der Waals surface area contributed by atoms with Gasteiger partial charge in [0.25, 0.3) is 0 Å². The summed E-state index contributed by atoms with van der Waals surface area (Å²) in [6.07, 6.45) is 4.12. The van der Waals surface area contributed by atoms with E-state index in [0.29, 0.717) is 0 Å². The Balaban J connectivity index is -0.0000000290. The lowest BCUT2D eigenvalue weighted by Gasteiger charge is -1.94. The quantitative estimate of drug-likeness (QED) is 0.229. The van der Waals surface area contributed by atoms with Gasteiger partial charge in [0.2, 0.25) is 0 Å². The Morgan fingerprint density at radius 3 is 0.571 bits per heavy atom. The Kier molecular flexibility index (Phi) is 47.6. The van der Waals surface area contributed by atoms with Crippen LogP contribution in [0, 0.1) is 0 Å². The third-order valence-electron chi connectivity index (χ3n) is 0.604. The molecule has 24 heteroatoms. The smallest absolute Gasteiger partial charge is 0.418 e. The molecular weight excluding hydrogens is 519 g/mol. The summed E-state index contributed by atoms with van der Waals surface area (Å²) in [5, 5.41) is 0. The summed E-state index contributed by atoms with van der Waals surface area (Å²) in [5.74, 6) is 0. The molecule has 0 amide bonds. The molecule has 0 spiro atoms. The van der Waals surface area contributed by atoms with E-state index in [-0.39, 0.29) is 29.7 Å². The van der Waals surface area contributed by atoms with Gasteiger partial charge in [-0.2, -0.15) is 0 Å². The molecule has 0 heterocycles. The van der Waals surface area contributed by atoms with Gasteiger partial charge in [-0.1, -0.05) is 13.3 Å². The first-order valence-electron chi connectivity index (χ1n) is 5.70. The van der Waals surface area contributed by atoms with Gasteiger partial charge in [0.05, 0.1) is 6.16 Å². The zero-order valence-electron chi connectivity index (χ0n) is 15.2. The van der Waals surface area contributed by atoms with Crippen LogP contribution in [0.15, 0.2) is 0 Å². The lowest BCUT2D eigenvalue weighted by Crippen LogP contribution is -2.02. The number of rotatable bonds is 2. The van der Waals surface area contributed by atoms with Gasteiger partial charge in [-0.3, -0.25) is 0 Å². The van der Waals surface area contributed by atoms with Crippen LogP contribution < -0.4 is 0 Å². The molecule has 0 aromatic heterocycles. The van der Waals surface area contributed by atoms with Gasteiger partial charge in [0.1, 0.15) is 0 Å². The third kappa shape index (κ3) is 2200. The van der Waals surface area contributed by atoms with Crippen LogP contribution in [0.3, 0.4) is 0 Å². The summed E-state index contributed by atoms with van der Waals surface area (Å²) >= 11 is 0. The second kappa shape index (κ2) is 25.9. The van der Waals surface area contributed by atoms with E-state index in [9.17, 15) is 69.1 Å². The molecule has 0 aromatic carbocycles. The monoisotopic (exact) mass is 544 g/mol. The molecular formula is C4H24B4F16P4. The van der Waals surface area contributed by atoms with Crippen LogP contribution in [-0.2, 0) is 0 Å². The molecule has 0 bridgehead atoms. The van der Waals surface area contributed by atoms with Crippen molar-refractivity contribution in [2.45, 2.75) is 19.8 Å². The molecule has 0 radical (unpaired) electrons. The highest BCUT2D eigenvalue weighted by molar-refractivity contribution is 7.16. The minimum Gasteiger partial charge on any atom is -0.418 e. The maximum absolute atomic E-state index is 9.75. The summed E-state index contributed by atoms with van der Waals surface area (Å²) in [7, 11) is -22.0. The van der Waals surface area contributed by atoms with E-state index in [1.54, 1.807) is 0 Å². The predicted octanol–water partition coefficient (Wildman–Crippen LogP) is 5.97. The Bertz CT molecular complexity index is 191. The van der Waals surface area contributed by atoms with Crippen LogP contribution in [0.4, 0.5) is 69.1 Å². The second-order valence-corrected chi connectivity index (χ2v) is 3.89. The van der Waals surface area contributed by atoms with Crippen molar-refractivity contribution in [3.05, 3.63) is 0 Å². The van der Waals surface area contributed by atoms with E-state index in [0.717, 1.165) is 0 Å². The predicted molar refractivity (Wildman–Crippen MR) is 109 cm³/mol. The first kappa shape index (κ1) is 51.5. The van der Waals surface area contributed by atoms with Gasteiger partial charge >= 0.3 is 29.0 Å². The minimum absolute atomic E-state index is 0. The Morgan fingerprint density at radius 2 is 0.571 bits per heavy atom. The molecule has 0 nitrogen and oxygen atoms in total. The van der Waals surface area contributed by atoms with E-state index in [1.165, 1.54) is 19.0 Å². The van der Waals surface area contributed by atoms with Gasteiger partial charge in [-0.25, -0.2) is 0 Å². The van der Waals surface area contributed by atoms with E-state index >= 15 is 0 Å². The van der Waals surface area contributed by atoms with E-state index in [1.807, 2.05) is 9.24 Å². The molecule has 4 unspecified atom stereocenters. The average molecular weight is 543 g/mol. The minimum atomic E-state index is -6.00. The fraction of sp³-hybridized carbons (Fsp3) is 1.00. The molecule has 0 saturated heterocycles. The SMILES string of the molecule is CCCC[PH3+].F[B-](F)(F)F.F[B-](F)(F)F.F[B-](F)(F)F.F[B-](F)(F)F.[PH4+].[PH4+].[PH4+]. The molecule has 0 aromatic rings. The third-order valence-corrected chi connectivity index (χ3v) is 1.10. The number of unbranched alkanes of at least 4 members (excludes halogenated alkanes) is 1. The highest BCUT2D eigenvalue weighted by Crippen LogP contribution is 2.08. The van der Waals surface area contributed by atoms with E-state index in [2.05, 4.69) is 6.92 Å². The van der Waals surface area contributed by atoms with Gasteiger partial charge in [0, 0.05) is 0 Å². The van der Waals surface area contributed by atoms with Crippen molar-refractivity contribution >= 4 is 68.0 Å². The molecule has 0 aliphatic heterocycles. The summed E-state index contributed by atoms with van der Waals surface area (Å²) in [6.45, 7) is 2.22. The van der Waals surface area contributed by atoms with Crippen molar-refractivity contribution in [2.75, 3.05) is 6.16 Å². The fourth-order valence-electron chi connectivity index (χ4n) is 0.250. The van der Waals surface area contributed by atoms with Crippen molar-refractivity contribution < 1.29 is 69.1 Å². The first-order valence-corrected chi connectivity index (χ1v) is 6.70. The van der Waals surface area contributed by atoms with Crippen molar-refractivity contribution in [3.8, 4) is 0 Å². The zero-order valence-corrected chi connectivity index (χ0v) is 22.6.